The van der Waals surface area contributed by atoms with Crippen LogP contribution in [-0.4, -0.2) is 24.0 Å². The smallest absolute Gasteiger partial charge is 0.370 e. The van der Waals surface area contributed by atoms with Crippen molar-refractivity contribution in [3.63, 3.8) is 0 Å². The van der Waals surface area contributed by atoms with Crippen LogP contribution in [0.1, 0.15) is 50.2 Å². The van der Waals surface area contributed by atoms with Crippen LogP contribution in [0.4, 0.5) is 13.2 Å². The van der Waals surface area contributed by atoms with Crippen LogP contribution >= 0.6 is 11.6 Å². The number of hydrogen-bond donors (Lipinski definition) is 3. The first-order valence-electron chi connectivity index (χ1n) is 9.75. The second-order valence-corrected chi connectivity index (χ2v) is 7.42. The Morgan fingerprint density at radius 1 is 1.06 bits per heavy atom. The summed E-state index contributed by atoms with van der Waals surface area (Å²) in [4.78, 5) is 32.0. The standard InChI is InChI=1S/C23H17ClF3N5O2/c24-18-7-6-13(11-17(18)21(34)31-19-3-1-2-8-30-19)4-5-14-9-15(20(33)32-22(28)29)12-16(10-14)23(25,26)27/h3,6-12H,1-2H2,(H,31,34)(H4,28,29,32,33). The number of nitrogens with one attached hydrogen (secondary N) is 1. The molecule has 0 atom stereocenters. The largest absolute Gasteiger partial charge is 0.416 e. The van der Waals surface area contributed by atoms with Crippen molar-refractivity contribution in [2.75, 3.05) is 0 Å². The number of aliphatic imine (C=N–C) groups is 2. The highest BCUT2D eigenvalue weighted by atomic mass is 35.5. The molecule has 0 spiro atoms. The summed E-state index contributed by atoms with van der Waals surface area (Å²) in [5.41, 5.74) is 9.12. The zero-order valence-corrected chi connectivity index (χ0v) is 18.2. The number of amides is 2. The summed E-state index contributed by atoms with van der Waals surface area (Å²) in [6.07, 6.45) is 0.236. The molecule has 2 amide bonds. The number of allylic oxidation sites excluding steroid dienone is 1. The van der Waals surface area contributed by atoms with Crippen LogP contribution in [0.15, 0.2) is 58.3 Å². The fraction of sp³-hybridized carbons (Fsp3) is 0.130. The van der Waals surface area contributed by atoms with Gasteiger partial charge in [0.15, 0.2) is 5.96 Å². The van der Waals surface area contributed by atoms with E-state index in [1.807, 2.05) is 0 Å². The summed E-state index contributed by atoms with van der Waals surface area (Å²) in [7, 11) is 0. The minimum Gasteiger partial charge on any atom is -0.370 e. The lowest BCUT2D eigenvalue weighted by atomic mass is 10.0. The minimum absolute atomic E-state index is 0.105. The minimum atomic E-state index is -4.73. The van der Waals surface area contributed by atoms with E-state index in [1.54, 1.807) is 12.3 Å². The maximum absolute atomic E-state index is 13.3. The number of alkyl halides is 3. The van der Waals surface area contributed by atoms with Crippen molar-refractivity contribution >= 4 is 35.6 Å². The average Bonchev–Trinajstić information content (AvgIpc) is 2.78. The molecule has 1 heterocycles. The lowest BCUT2D eigenvalue weighted by Gasteiger charge is -2.10. The molecule has 174 valence electrons. The van der Waals surface area contributed by atoms with Gasteiger partial charge in [-0.25, -0.2) is 4.99 Å². The van der Waals surface area contributed by atoms with Gasteiger partial charge in [-0.3, -0.25) is 9.59 Å². The van der Waals surface area contributed by atoms with E-state index in [2.05, 4.69) is 27.1 Å². The molecule has 34 heavy (non-hydrogen) atoms. The molecule has 0 fully saturated rings. The fourth-order valence-electron chi connectivity index (χ4n) is 2.87. The molecule has 0 unspecified atom stereocenters. The van der Waals surface area contributed by atoms with Gasteiger partial charge in [0.05, 0.1) is 16.1 Å². The molecule has 0 radical (unpaired) electrons. The molecule has 11 heteroatoms. The van der Waals surface area contributed by atoms with Crippen molar-refractivity contribution in [3.05, 3.63) is 81.1 Å². The molecule has 3 rings (SSSR count). The Bertz CT molecular complexity index is 1300. The summed E-state index contributed by atoms with van der Waals surface area (Å²) in [5, 5.41) is 2.79. The second kappa shape index (κ2) is 10.2. The molecule has 0 aliphatic carbocycles. The predicted octanol–water partition coefficient (Wildman–Crippen LogP) is 3.61. The summed E-state index contributed by atoms with van der Waals surface area (Å²) >= 11 is 6.13. The number of benzene rings is 2. The van der Waals surface area contributed by atoms with Gasteiger partial charge in [0.2, 0.25) is 0 Å². The van der Waals surface area contributed by atoms with Gasteiger partial charge < -0.3 is 16.8 Å². The first-order valence-corrected chi connectivity index (χ1v) is 10.1. The second-order valence-electron chi connectivity index (χ2n) is 7.02. The number of hydrogen-bond acceptors (Lipinski definition) is 3. The number of halogens is 4. The lowest BCUT2D eigenvalue weighted by molar-refractivity contribution is -0.137. The van der Waals surface area contributed by atoms with Crippen molar-refractivity contribution in [1.82, 2.24) is 5.32 Å². The van der Waals surface area contributed by atoms with Crippen molar-refractivity contribution in [1.29, 1.82) is 0 Å². The molecule has 1 aliphatic heterocycles. The van der Waals surface area contributed by atoms with Crippen LogP contribution in [0, 0.1) is 11.8 Å². The maximum Gasteiger partial charge on any atom is 0.416 e. The van der Waals surface area contributed by atoms with Crippen LogP contribution in [0.3, 0.4) is 0 Å². The number of guanidine groups is 1. The lowest BCUT2D eigenvalue weighted by Crippen LogP contribution is -2.24. The molecule has 1 aliphatic rings. The van der Waals surface area contributed by atoms with Crippen molar-refractivity contribution in [2.45, 2.75) is 19.0 Å². The Kier molecular flexibility index (Phi) is 7.38. The van der Waals surface area contributed by atoms with Gasteiger partial charge in [0.1, 0.15) is 5.82 Å². The molecule has 0 saturated carbocycles. The highest BCUT2D eigenvalue weighted by molar-refractivity contribution is 6.33. The number of nitrogens with zero attached hydrogens (tertiary/aromatic N) is 2. The Balaban J connectivity index is 1.94. The maximum atomic E-state index is 13.3. The molecular weight excluding hydrogens is 471 g/mol. The zero-order chi connectivity index (χ0) is 24.9. The summed E-state index contributed by atoms with van der Waals surface area (Å²) in [6.45, 7) is 0. The topological polar surface area (TPSA) is 123 Å². The van der Waals surface area contributed by atoms with Gasteiger partial charge in [-0.1, -0.05) is 23.4 Å². The Hall–Kier alpha value is -4.10. The molecule has 5 N–H and O–H groups in total. The van der Waals surface area contributed by atoms with E-state index in [0.29, 0.717) is 17.5 Å². The Morgan fingerprint density at radius 3 is 2.44 bits per heavy atom. The van der Waals surface area contributed by atoms with Crippen molar-refractivity contribution in [3.8, 4) is 11.8 Å². The monoisotopic (exact) mass is 487 g/mol. The molecule has 2 aromatic carbocycles. The van der Waals surface area contributed by atoms with E-state index in [9.17, 15) is 22.8 Å². The zero-order valence-electron chi connectivity index (χ0n) is 17.4. The van der Waals surface area contributed by atoms with Gasteiger partial charge in [-0.2, -0.15) is 18.2 Å². The number of nitrogens with two attached hydrogens (primary N) is 2. The quantitative estimate of drug-likeness (QED) is 0.347. The molecule has 0 bridgehead atoms. The Labute approximate surface area is 197 Å². The fourth-order valence-corrected chi connectivity index (χ4v) is 3.07. The third kappa shape index (κ3) is 6.46. The molecule has 0 aromatic heterocycles. The Morgan fingerprint density at radius 2 is 1.79 bits per heavy atom. The number of carbonyl (C=O) groups excluding carboxylic acids is 2. The van der Waals surface area contributed by atoms with Gasteiger partial charge >= 0.3 is 6.18 Å². The van der Waals surface area contributed by atoms with Crippen molar-refractivity contribution in [2.24, 2.45) is 21.5 Å². The highest BCUT2D eigenvalue weighted by Crippen LogP contribution is 2.31. The van der Waals surface area contributed by atoms with E-state index in [1.165, 1.54) is 18.2 Å². The van der Waals surface area contributed by atoms with E-state index in [0.717, 1.165) is 25.0 Å². The molecule has 2 aromatic rings. The predicted molar refractivity (Wildman–Crippen MR) is 122 cm³/mol. The highest BCUT2D eigenvalue weighted by Gasteiger charge is 2.31. The van der Waals surface area contributed by atoms with E-state index in [-0.39, 0.29) is 21.7 Å². The summed E-state index contributed by atoms with van der Waals surface area (Å²) in [5.74, 6) is 3.50. The van der Waals surface area contributed by atoms with Gasteiger partial charge in [-0.15, -0.1) is 0 Å². The van der Waals surface area contributed by atoms with Crippen LogP contribution in [-0.2, 0) is 6.18 Å². The molecular formula is C23H17ClF3N5O2. The van der Waals surface area contributed by atoms with E-state index < -0.39 is 29.5 Å². The van der Waals surface area contributed by atoms with Gasteiger partial charge in [0, 0.05) is 22.9 Å². The SMILES string of the molecule is NC(N)=NC(=O)c1cc(C#Cc2ccc(Cl)c(C(=O)NC3=CCCC=N3)c2)cc(C(F)(F)F)c1. The van der Waals surface area contributed by atoms with Crippen LogP contribution in [0.5, 0.6) is 0 Å². The number of rotatable bonds is 3. The average molecular weight is 488 g/mol. The third-order valence-corrected chi connectivity index (χ3v) is 4.74. The first-order chi connectivity index (χ1) is 16.0. The van der Waals surface area contributed by atoms with Crippen LogP contribution < -0.4 is 16.8 Å². The normalized spacial score (nSPS) is 12.8. The van der Waals surface area contributed by atoms with Crippen LogP contribution in [0.25, 0.3) is 0 Å². The number of carbonyl (C=O) groups is 2. The summed E-state index contributed by atoms with van der Waals surface area (Å²) in [6, 6.07) is 6.90. The third-order valence-electron chi connectivity index (χ3n) is 4.41. The first kappa shape index (κ1) is 24.5. The molecule has 7 nitrogen and oxygen atoms in total. The molecule has 0 saturated heterocycles. The van der Waals surface area contributed by atoms with E-state index >= 15 is 0 Å². The van der Waals surface area contributed by atoms with Crippen molar-refractivity contribution < 1.29 is 22.8 Å². The van der Waals surface area contributed by atoms with Gasteiger partial charge in [0.25, 0.3) is 11.8 Å². The summed E-state index contributed by atoms with van der Waals surface area (Å²) < 4.78 is 39.9. The van der Waals surface area contributed by atoms with Crippen LogP contribution in [0.2, 0.25) is 5.02 Å². The van der Waals surface area contributed by atoms with Gasteiger partial charge in [-0.05, 0) is 55.3 Å². The van der Waals surface area contributed by atoms with E-state index in [4.69, 9.17) is 23.1 Å².